The number of benzene rings is 1. The molecule has 0 unspecified atom stereocenters. The number of aromatic amines is 1. The van der Waals surface area contributed by atoms with Gasteiger partial charge in [0.05, 0.1) is 23.0 Å². The summed E-state index contributed by atoms with van der Waals surface area (Å²) >= 11 is 0. The Bertz CT molecular complexity index is 1010. The molecule has 0 saturated carbocycles. The highest BCUT2D eigenvalue weighted by Gasteiger charge is 2.11. The number of nitrogens with one attached hydrogen (secondary N) is 1. The molecule has 0 bridgehead atoms. The molecule has 0 radical (unpaired) electrons. The molecule has 0 spiro atoms. The average molecular weight is 314 g/mol. The molecule has 8 heteroatoms. The van der Waals surface area contributed by atoms with E-state index in [1.54, 1.807) is 24.4 Å². The fourth-order valence-electron chi connectivity index (χ4n) is 2.20. The van der Waals surface area contributed by atoms with Gasteiger partial charge in [0.25, 0.3) is 5.56 Å². The van der Waals surface area contributed by atoms with Crippen LogP contribution in [-0.2, 0) is 25.4 Å². The Morgan fingerprint density at radius 1 is 1.22 bits per heavy atom. The first-order valence-corrected chi connectivity index (χ1v) is 6.83. The highest BCUT2D eigenvalue weighted by Crippen LogP contribution is 2.14. The van der Waals surface area contributed by atoms with E-state index in [1.807, 2.05) is 0 Å². The lowest BCUT2D eigenvalue weighted by molar-refractivity contribution is 0.0463. The molecule has 118 valence electrons. The summed E-state index contributed by atoms with van der Waals surface area (Å²) in [5, 5.41) is 7.54. The van der Waals surface area contributed by atoms with Gasteiger partial charge >= 0.3 is 11.7 Å². The van der Waals surface area contributed by atoms with Crippen molar-refractivity contribution < 1.29 is 9.53 Å². The van der Waals surface area contributed by atoms with Gasteiger partial charge in [0.2, 0.25) is 0 Å². The molecule has 2 aromatic heterocycles. The Kier molecular flexibility index (Phi) is 3.57. The largest absolute Gasteiger partial charge is 0.456 e. The highest BCUT2D eigenvalue weighted by molar-refractivity contribution is 5.94. The molecular formula is C15H14N4O4. The summed E-state index contributed by atoms with van der Waals surface area (Å²) in [7, 11) is 2.90. The molecule has 1 aromatic carbocycles. The van der Waals surface area contributed by atoms with E-state index in [4.69, 9.17) is 4.74 Å². The third kappa shape index (κ3) is 2.66. The number of esters is 1. The van der Waals surface area contributed by atoms with E-state index in [9.17, 15) is 14.4 Å². The van der Waals surface area contributed by atoms with E-state index >= 15 is 0 Å². The van der Waals surface area contributed by atoms with Crippen molar-refractivity contribution in [3.05, 3.63) is 62.6 Å². The molecule has 3 rings (SSSR count). The maximum Gasteiger partial charge on any atom is 0.338 e. The molecule has 2 heterocycles. The topological polar surface area (TPSA) is 99.0 Å². The average Bonchev–Trinajstić information content (AvgIpc) is 3.02. The number of aromatic nitrogens is 4. The van der Waals surface area contributed by atoms with Crippen LogP contribution in [-0.4, -0.2) is 25.3 Å². The number of rotatable bonds is 3. The standard InChI is InChI=1S/C15H14N4O4/c1-18-11(6-13(20)19(2)15(18)22)8-23-14(21)9-3-4-10-7-16-17-12(10)5-9/h3-7H,8H2,1-2H3,(H,16,17). The Hall–Kier alpha value is -3.16. The molecule has 0 amide bonds. The van der Waals surface area contributed by atoms with Crippen LogP contribution in [0.4, 0.5) is 0 Å². The minimum Gasteiger partial charge on any atom is -0.456 e. The summed E-state index contributed by atoms with van der Waals surface area (Å²) in [6.07, 6.45) is 1.65. The number of hydrogen-bond acceptors (Lipinski definition) is 5. The minimum absolute atomic E-state index is 0.165. The third-order valence-electron chi connectivity index (χ3n) is 3.65. The van der Waals surface area contributed by atoms with Crippen LogP contribution < -0.4 is 11.2 Å². The van der Waals surface area contributed by atoms with Crippen molar-refractivity contribution in [3.8, 4) is 0 Å². The van der Waals surface area contributed by atoms with Gasteiger partial charge in [0, 0.05) is 25.5 Å². The number of hydrogen-bond donors (Lipinski definition) is 1. The molecule has 3 aromatic rings. The molecule has 0 fully saturated rings. The number of H-pyrrole nitrogens is 1. The van der Waals surface area contributed by atoms with Gasteiger partial charge in [-0.2, -0.15) is 5.10 Å². The van der Waals surface area contributed by atoms with E-state index in [2.05, 4.69) is 10.2 Å². The lowest BCUT2D eigenvalue weighted by Crippen LogP contribution is -2.38. The van der Waals surface area contributed by atoms with Gasteiger partial charge in [-0.25, -0.2) is 9.59 Å². The van der Waals surface area contributed by atoms with Crippen molar-refractivity contribution in [2.45, 2.75) is 6.61 Å². The fourth-order valence-corrected chi connectivity index (χ4v) is 2.20. The SMILES string of the molecule is Cn1c(COC(=O)c2ccc3cn[nH]c3c2)cc(=O)n(C)c1=O. The number of ether oxygens (including phenoxy) is 1. The summed E-state index contributed by atoms with van der Waals surface area (Å²) in [6.45, 7) is -0.165. The quantitative estimate of drug-likeness (QED) is 0.702. The lowest BCUT2D eigenvalue weighted by atomic mass is 10.2. The highest BCUT2D eigenvalue weighted by atomic mass is 16.5. The molecular weight excluding hydrogens is 300 g/mol. The summed E-state index contributed by atoms with van der Waals surface area (Å²) in [6, 6.07) is 6.28. The summed E-state index contributed by atoms with van der Waals surface area (Å²) in [4.78, 5) is 35.6. The second kappa shape index (κ2) is 5.56. The zero-order valence-corrected chi connectivity index (χ0v) is 12.6. The Labute approximate surface area is 129 Å². The number of carbonyl (C=O) groups excluding carboxylic acids is 1. The van der Waals surface area contributed by atoms with Crippen molar-refractivity contribution in [1.29, 1.82) is 0 Å². The zero-order chi connectivity index (χ0) is 16.6. The normalized spacial score (nSPS) is 10.9. The van der Waals surface area contributed by atoms with Crippen molar-refractivity contribution >= 4 is 16.9 Å². The van der Waals surface area contributed by atoms with Gasteiger partial charge in [-0.05, 0) is 12.1 Å². The number of fused-ring (bicyclic) bond motifs is 1. The molecule has 0 atom stereocenters. The third-order valence-corrected chi connectivity index (χ3v) is 3.65. The van der Waals surface area contributed by atoms with Gasteiger partial charge in [-0.3, -0.25) is 19.0 Å². The molecule has 0 aliphatic rings. The van der Waals surface area contributed by atoms with Crippen LogP contribution >= 0.6 is 0 Å². The van der Waals surface area contributed by atoms with Crippen molar-refractivity contribution in [1.82, 2.24) is 19.3 Å². The lowest BCUT2D eigenvalue weighted by Gasteiger charge is -2.10. The van der Waals surface area contributed by atoms with Crippen molar-refractivity contribution in [3.63, 3.8) is 0 Å². The van der Waals surface area contributed by atoms with E-state index in [0.29, 0.717) is 11.3 Å². The number of nitrogens with zero attached hydrogens (tertiary/aromatic N) is 3. The summed E-state index contributed by atoms with van der Waals surface area (Å²) in [5.74, 6) is -0.547. The van der Waals surface area contributed by atoms with E-state index in [1.165, 1.54) is 24.7 Å². The second-order valence-electron chi connectivity index (χ2n) is 5.12. The zero-order valence-electron chi connectivity index (χ0n) is 12.6. The summed E-state index contributed by atoms with van der Waals surface area (Å²) < 4.78 is 7.44. The van der Waals surface area contributed by atoms with Crippen LogP contribution in [0.1, 0.15) is 16.1 Å². The van der Waals surface area contributed by atoms with Gasteiger partial charge in [-0.15, -0.1) is 0 Å². The van der Waals surface area contributed by atoms with E-state index in [-0.39, 0.29) is 6.61 Å². The first-order valence-electron chi connectivity index (χ1n) is 6.83. The molecule has 8 nitrogen and oxygen atoms in total. The maximum atomic E-state index is 12.1. The van der Waals surface area contributed by atoms with Crippen molar-refractivity contribution in [2.24, 2.45) is 14.1 Å². The number of carbonyl (C=O) groups is 1. The fraction of sp³-hybridized carbons (Fsp3) is 0.200. The van der Waals surface area contributed by atoms with Crippen LogP contribution in [0.2, 0.25) is 0 Å². The van der Waals surface area contributed by atoms with Crippen LogP contribution in [0.5, 0.6) is 0 Å². The maximum absolute atomic E-state index is 12.1. The van der Waals surface area contributed by atoms with E-state index in [0.717, 1.165) is 15.5 Å². The van der Waals surface area contributed by atoms with Crippen LogP contribution in [0, 0.1) is 0 Å². The first kappa shape index (κ1) is 14.8. The molecule has 0 saturated heterocycles. The van der Waals surface area contributed by atoms with Gasteiger partial charge in [0.1, 0.15) is 6.61 Å². The van der Waals surface area contributed by atoms with Gasteiger partial charge in [0.15, 0.2) is 0 Å². The Morgan fingerprint density at radius 3 is 2.78 bits per heavy atom. The van der Waals surface area contributed by atoms with Crippen LogP contribution in [0.15, 0.2) is 40.1 Å². The first-order chi connectivity index (χ1) is 11.0. The van der Waals surface area contributed by atoms with Crippen LogP contribution in [0.3, 0.4) is 0 Å². The van der Waals surface area contributed by atoms with E-state index < -0.39 is 17.2 Å². The van der Waals surface area contributed by atoms with Gasteiger partial charge < -0.3 is 4.74 Å². The molecule has 23 heavy (non-hydrogen) atoms. The molecule has 0 aliphatic heterocycles. The van der Waals surface area contributed by atoms with Crippen molar-refractivity contribution in [2.75, 3.05) is 0 Å². The predicted molar refractivity (Wildman–Crippen MR) is 82.1 cm³/mol. The van der Waals surface area contributed by atoms with Gasteiger partial charge in [-0.1, -0.05) is 6.07 Å². The smallest absolute Gasteiger partial charge is 0.338 e. The minimum atomic E-state index is -0.547. The monoisotopic (exact) mass is 314 g/mol. The predicted octanol–water partition coefficient (Wildman–Crippen LogP) is 0.317. The Morgan fingerprint density at radius 2 is 2.00 bits per heavy atom. The summed E-state index contributed by atoms with van der Waals surface area (Å²) in [5.41, 5.74) is 0.491. The Balaban J connectivity index is 1.81. The molecule has 0 aliphatic carbocycles. The van der Waals surface area contributed by atoms with Crippen LogP contribution in [0.25, 0.3) is 10.9 Å². The molecule has 1 N–H and O–H groups in total. The second-order valence-corrected chi connectivity index (χ2v) is 5.12.